The SMILES string of the molecule is CCCC[Si](CCCC)(CCCC)CC1Cc2occc2CC1=CB(N(C)C)N(C)C. The van der Waals surface area contributed by atoms with Gasteiger partial charge in [-0.15, -0.1) is 0 Å². The smallest absolute Gasteiger partial charge is 0.337 e. The van der Waals surface area contributed by atoms with E-state index < -0.39 is 8.07 Å². The average Bonchev–Trinajstić information content (AvgIpc) is 3.19. The van der Waals surface area contributed by atoms with Crippen molar-refractivity contribution in [2.45, 2.75) is 96.3 Å². The normalized spacial score (nSPS) is 18.2. The zero-order valence-corrected chi connectivity index (χ0v) is 22.7. The summed E-state index contributed by atoms with van der Waals surface area (Å²) in [5, 5.41) is 0. The second-order valence-electron chi connectivity index (χ2n) is 10.5. The van der Waals surface area contributed by atoms with Crippen molar-refractivity contribution in [1.82, 2.24) is 9.62 Å². The van der Waals surface area contributed by atoms with Gasteiger partial charge in [0.1, 0.15) is 5.76 Å². The Balaban J connectivity index is 2.39. The number of allylic oxidation sites excluding steroid dienone is 1. The molecular formula is C26H49BN2OSi. The van der Waals surface area contributed by atoms with Crippen LogP contribution in [0.15, 0.2) is 28.3 Å². The molecule has 3 nitrogen and oxygen atoms in total. The maximum Gasteiger partial charge on any atom is 0.337 e. The summed E-state index contributed by atoms with van der Waals surface area (Å²) < 4.78 is 5.96. The molecule has 176 valence electrons. The number of furan rings is 1. The van der Waals surface area contributed by atoms with E-state index in [9.17, 15) is 0 Å². The van der Waals surface area contributed by atoms with Crippen molar-refractivity contribution in [3.63, 3.8) is 0 Å². The summed E-state index contributed by atoms with van der Waals surface area (Å²) in [6.45, 7) is 7.47. The molecule has 0 radical (unpaired) electrons. The highest BCUT2D eigenvalue weighted by Gasteiger charge is 2.37. The van der Waals surface area contributed by atoms with E-state index in [0.717, 1.165) is 12.8 Å². The van der Waals surface area contributed by atoms with Crippen LogP contribution in [0.2, 0.25) is 24.2 Å². The topological polar surface area (TPSA) is 19.6 Å². The molecule has 0 aromatic carbocycles. The molecule has 31 heavy (non-hydrogen) atoms. The quantitative estimate of drug-likeness (QED) is 0.290. The summed E-state index contributed by atoms with van der Waals surface area (Å²) in [7, 11) is 7.50. The average molecular weight is 445 g/mol. The summed E-state index contributed by atoms with van der Waals surface area (Å²) in [5.74, 6) is 4.51. The number of nitrogens with zero attached hydrogens (tertiary/aromatic N) is 2. The number of hydrogen-bond donors (Lipinski definition) is 0. The van der Waals surface area contributed by atoms with Crippen LogP contribution in [0.3, 0.4) is 0 Å². The van der Waals surface area contributed by atoms with Crippen LogP contribution in [0.1, 0.15) is 70.6 Å². The van der Waals surface area contributed by atoms with Crippen LogP contribution in [0.5, 0.6) is 0 Å². The minimum Gasteiger partial charge on any atom is -0.469 e. The lowest BCUT2D eigenvalue weighted by Gasteiger charge is -2.38. The molecule has 1 unspecified atom stereocenters. The molecule has 0 amide bonds. The van der Waals surface area contributed by atoms with Gasteiger partial charge in [0.05, 0.1) is 14.3 Å². The Morgan fingerprint density at radius 2 is 1.52 bits per heavy atom. The van der Waals surface area contributed by atoms with Crippen LogP contribution >= 0.6 is 0 Å². The Bertz CT molecular complexity index is 640. The second kappa shape index (κ2) is 13.1. The van der Waals surface area contributed by atoms with Gasteiger partial charge in [0.15, 0.2) is 0 Å². The van der Waals surface area contributed by atoms with Crippen molar-refractivity contribution in [3.05, 3.63) is 35.2 Å². The maximum atomic E-state index is 5.96. The number of unbranched alkanes of at least 4 members (excludes halogenated alkanes) is 3. The molecule has 1 aliphatic carbocycles. The molecule has 1 aliphatic rings. The molecule has 1 atom stereocenters. The standard InChI is InChI=1S/C26H49BN2OSi/c1-8-11-16-31(17-12-9-2,18-13-10-3)22-25-20-26-23(14-15-30-26)19-24(25)21-27(28(4)5)29(6)7/h14-15,21,25H,8-13,16-20,22H2,1-7H3. The van der Waals surface area contributed by atoms with Crippen LogP contribution in [0.25, 0.3) is 0 Å². The van der Waals surface area contributed by atoms with Gasteiger partial charge in [-0.3, -0.25) is 0 Å². The maximum absolute atomic E-state index is 5.96. The molecule has 5 heteroatoms. The van der Waals surface area contributed by atoms with Gasteiger partial charge >= 0.3 is 6.98 Å². The molecule has 1 aromatic heterocycles. The summed E-state index contributed by atoms with van der Waals surface area (Å²) in [5.41, 5.74) is 3.09. The fourth-order valence-electron chi connectivity index (χ4n) is 5.63. The predicted octanol–water partition coefficient (Wildman–Crippen LogP) is 6.92. The lowest BCUT2D eigenvalue weighted by atomic mass is 9.68. The van der Waals surface area contributed by atoms with E-state index in [2.05, 4.69) is 70.6 Å². The van der Waals surface area contributed by atoms with Crippen molar-refractivity contribution in [2.24, 2.45) is 5.92 Å². The van der Waals surface area contributed by atoms with E-state index in [1.807, 2.05) is 6.26 Å². The van der Waals surface area contributed by atoms with Gasteiger partial charge in [0.2, 0.25) is 0 Å². The van der Waals surface area contributed by atoms with Gasteiger partial charge in [-0.2, -0.15) is 0 Å². The minimum absolute atomic E-state index is 0.351. The Hall–Kier alpha value is -0.778. The van der Waals surface area contributed by atoms with Crippen molar-refractivity contribution < 1.29 is 4.42 Å². The largest absolute Gasteiger partial charge is 0.469 e. The van der Waals surface area contributed by atoms with Gasteiger partial charge in [0, 0.05) is 6.42 Å². The summed E-state index contributed by atoms with van der Waals surface area (Å²) >= 11 is 0. The third kappa shape index (κ3) is 7.64. The molecule has 0 aliphatic heterocycles. The third-order valence-electron chi connectivity index (χ3n) is 7.47. The number of hydrogen-bond acceptors (Lipinski definition) is 3. The highest BCUT2D eigenvalue weighted by Crippen LogP contribution is 2.41. The number of rotatable bonds is 14. The van der Waals surface area contributed by atoms with Crippen LogP contribution < -0.4 is 0 Å². The van der Waals surface area contributed by atoms with Crippen molar-refractivity contribution in [1.29, 1.82) is 0 Å². The molecule has 1 heterocycles. The fourth-order valence-corrected chi connectivity index (χ4v) is 11.8. The highest BCUT2D eigenvalue weighted by molar-refractivity contribution is 6.80. The lowest BCUT2D eigenvalue weighted by Crippen LogP contribution is -2.45. The predicted molar refractivity (Wildman–Crippen MR) is 141 cm³/mol. The van der Waals surface area contributed by atoms with E-state index in [0.29, 0.717) is 12.9 Å². The van der Waals surface area contributed by atoms with E-state index in [1.54, 1.807) is 5.57 Å². The Labute approximate surface area is 194 Å². The zero-order chi connectivity index (χ0) is 22.9. The minimum atomic E-state index is -1.30. The molecule has 0 fully saturated rings. The Kier molecular flexibility index (Phi) is 11.1. The number of fused-ring (bicyclic) bond motifs is 1. The van der Waals surface area contributed by atoms with Crippen LogP contribution in [0.4, 0.5) is 0 Å². The lowest BCUT2D eigenvalue weighted by molar-refractivity contribution is 0.456. The van der Waals surface area contributed by atoms with Crippen LogP contribution in [-0.4, -0.2) is 52.9 Å². The van der Waals surface area contributed by atoms with Crippen molar-refractivity contribution in [2.75, 3.05) is 28.2 Å². The molecule has 1 aromatic rings. The molecule has 0 N–H and O–H groups in total. The molecule has 0 saturated carbocycles. The summed E-state index contributed by atoms with van der Waals surface area (Å²) in [6, 6.07) is 8.26. The second-order valence-corrected chi connectivity index (χ2v) is 15.5. The molecule has 2 rings (SSSR count). The molecule has 0 spiro atoms. The first-order chi connectivity index (χ1) is 14.9. The fraction of sp³-hybridized carbons (Fsp3) is 0.769. The van der Waals surface area contributed by atoms with Crippen LogP contribution in [-0.2, 0) is 12.8 Å². The van der Waals surface area contributed by atoms with Gasteiger partial charge in [-0.25, -0.2) is 0 Å². The first-order valence-electron chi connectivity index (χ1n) is 12.9. The van der Waals surface area contributed by atoms with Crippen molar-refractivity contribution >= 4 is 15.1 Å². The molecular weight excluding hydrogens is 395 g/mol. The summed E-state index contributed by atoms with van der Waals surface area (Å²) in [6.07, 6.45) is 12.4. The summed E-state index contributed by atoms with van der Waals surface area (Å²) in [4.78, 5) is 4.68. The third-order valence-corrected chi connectivity index (χ3v) is 13.1. The first kappa shape index (κ1) is 26.5. The van der Waals surface area contributed by atoms with Gasteiger partial charge in [0.25, 0.3) is 0 Å². The zero-order valence-electron chi connectivity index (χ0n) is 21.7. The highest BCUT2D eigenvalue weighted by atomic mass is 28.3. The van der Waals surface area contributed by atoms with Crippen molar-refractivity contribution in [3.8, 4) is 0 Å². The van der Waals surface area contributed by atoms with Gasteiger partial charge in [-0.1, -0.05) is 95.0 Å². The van der Waals surface area contributed by atoms with E-state index in [1.165, 1.54) is 74.0 Å². The van der Waals surface area contributed by atoms with Crippen LogP contribution in [0, 0.1) is 5.92 Å². The Morgan fingerprint density at radius 1 is 0.968 bits per heavy atom. The van der Waals surface area contributed by atoms with E-state index in [-0.39, 0.29) is 0 Å². The molecule has 0 bridgehead atoms. The first-order valence-corrected chi connectivity index (χ1v) is 15.8. The Morgan fingerprint density at radius 3 is 2.00 bits per heavy atom. The van der Waals surface area contributed by atoms with E-state index in [4.69, 9.17) is 4.42 Å². The molecule has 0 saturated heterocycles. The monoisotopic (exact) mass is 444 g/mol. The van der Waals surface area contributed by atoms with Gasteiger partial charge < -0.3 is 14.0 Å². The van der Waals surface area contributed by atoms with E-state index >= 15 is 0 Å². The van der Waals surface area contributed by atoms with Gasteiger partial charge in [-0.05, 0) is 52.2 Å².